The van der Waals surface area contributed by atoms with E-state index in [0.29, 0.717) is 5.41 Å². The number of nitrogens with zero attached hydrogens (tertiary/aromatic N) is 1. The molecule has 1 aliphatic carbocycles. The van der Waals surface area contributed by atoms with Gasteiger partial charge in [0, 0.05) is 32.2 Å². The summed E-state index contributed by atoms with van der Waals surface area (Å²) in [6.07, 6.45) is 8.57. The summed E-state index contributed by atoms with van der Waals surface area (Å²) in [7, 11) is 0. The summed E-state index contributed by atoms with van der Waals surface area (Å²) < 4.78 is 0. The van der Waals surface area contributed by atoms with Gasteiger partial charge in [0.25, 0.3) is 0 Å². The van der Waals surface area contributed by atoms with E-state index >= 15 is 0 Å². The second-order valence-corrected chi connectivity index (χ2v) is 7.05. The van der Waals surface area contributed by atoms with E-state index in [4.69, 9.17) is 0 Å². The highest BCUT2D eigenvalue weighted by Crippen LogP contribution is 2.36. The number of hydrogen-bond acceptors (Lipinski definition) is 2. The van der Waals surface area contributed by atoms with Gasteiger partial charge in [-0.25, -0.2) is 0 Å². The van der Waals surface area contributed by atoms with E-state index in [1.54, 1.807) is 0 Å². The van der Waals surface area contributed by atoms with Crippen LogP contribution in [-0.2, 0) is 0 Å². The molecule has 2 fully saturated rings. The predicted octanol–water partition coefficient (Wildman–Crippen LogP) is 3.28. The largest absolute Gasteiger partial charge is 0.311 e. The van der Waals surface area contributed by atoms with Gasteiger partial charge in [-0.3, -0.25) is 4.90 Å². The van der Waals surface area contributed by atoms with Crippen LogP contribution in [0.4, 0.5) is 0 Å². The Labute approximate surface area is 114 Å². The fraction of sp³-hybridized carbons (Fsp3) is 1.00. The highest BCUT2D eigenvalue weighted by molar-refractivity contribution is 4.87. The van der Waals surface area contributed by atoms with E-state index in [2.05, 4.69) is 31.0 Å². The van der Waals surface area contributed by atoms with Crippen molar-refractivity contribution < 1.29 is 0 Å². The van der Waals surface area contributed by atoms with Gasteiger partial charge < -0.3 is 5.32 Å². The Morgan fingerprint density at radius 3 is 2.67 bits per heavy atom. The lowest BCUT2D eigenvalue weighted by Gasteiger charge is -2.43. The molecule has 2 unspecified atom stereocenters. The molecule has 1 N–H and O–H groups in total. The standard InChI is InChI=1S/C16H32N2/c1-4-14(2)15-12-18(11-10-17-15)13-16(3)8-6-5-7-9-16/h14-15,17H,4-13H2,1-3H3. The third-order valence-corrected chi connectivity index (χ3v) is 5.29. The van der Waals surface area contributed by atoms with Crippen LogP contribution in [-0.4, -0.2) is 37.1 Å². The minimum absolute atomic E-state index is 0.607. The molecule has 2 heteroatoms. The SMILES string of the molecule is CCC(C)C1CN(CC2(C)CCCCC2)CCN1. The van der Waals surface area contributed by atoms with Gasteiger partial charge in [-0.05, 0) is 24.2 Å². The molecule has 1 heterocycles. The smallest absolute Gasteiger partial charge is 0.0221 e. The molecule has 106 valence electrons. The lowest BCUT2D eigenvalue weighted by atomic mass is 9.75. The second-order valence-electron chi connectivity index (χ2n) is 7.05. The number of piperazine rings is 1. The summed E-state index contributed by atoms with van der Waals surface area (Å²) in [4.78, 5) is 2.73. The zero-order chi connectivity index (χ0) is 13.0. The number of nitrogens with one attached hydrogen (secondary N) is 1. The Morgan fingerprint density at radius 2 is 2.00 bits per heavy atom. The third kappa shape index (κ3) is 3.71. The molecule has 2 nitrogen and oxygen atoms in total. The van der Waals surface area contributed by atoms with Crippen LogP contribution >= 0.6 is 0 Å². The van der Waals surface area contributed by atoms with Crippen LogP contribution in [0, 0.1) is 11.3 Å². The molecule has 0 aromatic rings. The molecule has 18 heavy (non-hydrogen) atoms. The Kier molecular flexibility index (Phi) is 5.08. The fourth-order valence-corrected chi connectivity index (χ4v) is 3.75. The first-order chi connectivity index (χ1) is 8.63. The highest BCUT2D eigenvalue weighted by Gasteiger charge is 2.31. The van der Waals surface area contributed by atoms with Crippen molar-refractivity contribution in [3.05, 3.63) is 0 Å². The quantitative estimate of drug-likeness (QED) is 0.826. The van der Waals surface area contributed by atoms with Gasteiger partial charge >= 0.3 is 0 Å². The molecule has 0 radical (unpaired) electrons. The van der Waals surface area contributed by atoms with Crippen LogP contribution < -0.4 is 5.32 Å². The number of hydrogen-bond donors (Lipinski definition) is 1. The third-order valence-electron chi connectivity index (χ3n) is 5.29. The monoisotopic (exact) mass is 252 g/mol. The van der Waals surface area contributed by atoms with Crippen molar-refractivity contribution in [1.82, 2.24) is 10.2 Å². The molecule has 1 aliphatic heterocycles. The summed E-state index contributed by atoms with van der Waals surface area (Å²) in [6.45, 7) is 12.3. The maximum Gasteiger partial charge on any atom is 0.0221 e. The molecule has 0 aromatic carbocycles. The molecule has 0 aromatic heterocycles. The van der Waals surface area contributed by atoms with Crippen LogP contribution in [0.2, 0.25) is 0 Å². The zero-order valence-electron chi connectivity index (χ0n) is 12.7. The number of rotatable bonds is 4. The van der Waals surface area contributed by atoms with Gasteiger partial charge in [0.15, 0.2) is 0 Å². The van der Waals surface area contributed by atoms with E-state index in [9.17, 15) is 0 Å². The van der Waals surface area contributed by atoms with Crippen molar-refractivity contribution in [3.63, 3.8) is 0 Å². The first kappa shape index (κ1) is 14.3. The topological polar surface area (TPSA) is 15.3 Å². The van der Waals surface area contributed by atoms with Gasteiger partial charge in [-0.1, -0.05) is 46.5 Å². The normalized spacial score (nSPS) is 31.2. The summed E-state index contributed by atoms with van der Waals surface area (Å²) in [5.41, 5.74) is 0.607. The van der Waals surface area contributed by atoms with E-state index in [0.717, 1.165) is 12.0 Å². The van der Waals surface area contributed by atoms with Gasteiger partial charge in [-0.2, -0.15) is 0 Å². The van der Waals surface area contributed by atoms with Crippen molar-refractivity contribution >= 4 is 0 Å². The summed E-state index contributed by atoms with van der Waals surface area (Å²) in [5, 5.41) is 3.71. The van der Waals surface area contributed by atoms with Crippen molar-refractivity contribution in [2.75, 3.05) is 26.2 Å². The van der Waals surface area contributed by atoms with Gasteiger partial charge in [0.2, 0.25) is 0 Å². The van der Waals surface area contributed by atoms with Crippen molar-refractivity contribution in [1.29, 1.82) is 0 Å². The Bertz CT molecular complexity index is 245. The molecule has 0 bridgehead atoms. The van der Waals surface area contributed by atoms with Crippen LogP contribution in [0.3, 0.4) is 0 Å². The Balaban J connectivity index is 1.85. The first-order valence-corrected chi connectivity index (χ1v) is 8.09. The summed E-state index contributed by atoms with van der Waals surface area (Å²) >= 11 is 0. The molecule has 2 atom stereocenters. The Hall–Kier alpha value is -0.0800. The van der Waals surface area contributed by atoms with E-state index < -0.39 is 0 Å². The van der Waals surface area contributed by atoms with E-state index in [-0.39, 0.29) is 0 Å². The molecule has 1 saturated carbocycles. The fourth-order valence-electron chi connectivity index (χ4n) is 3.75. The first-order valence-electron chi connectivity index (χ1n) is 8.09. The zero-order valence-corrected chi connectivity index (χ0v) is 12.7. The maximum atomic E-state index is 3.71. The highest BCUT2D eigenvalue weighted by atomic mass is 15.2. The summed E-state index contributed by atoms with van der Waals surface area (Å²) in [5.74, 6) is 0.812. The molecular weight excluding hydrogens is 220 g/mol. The average Bonchev–Trinajstić information content (AvgIpc) is 2.38. The molecule has 2 rings (SSSR count). The van der Waals surface area contributed by atoms with E-state index in [1.165, 1.54) is 64.7 Å². The molecule has 2 aliphatic rings. The molecule has 0 amide bonds. The van der Waals surface area contributed by atoms with Crippen LogP contribution in [0.1, 0.15) is 59.3 Å². The molecule has 0 spiro atoms. The van der Waals surface area contributed by atoms with Crippen molar-refractivity contribution in [2.24, 2.45) is 11.3 Å². The minimum Gasteiger partial charge on any atom is -0.311 e. The Morgan fingerprint density at radius 1 is 1.28 bits per heavy atom. The van der Waals surface area contributed by atoms with Crippen molar-refractivity contribution in [2.45, 2.75) is 65.3 Å². The predicted molar refractivity (Wildman–Crippen MR) is 78.9 cm³/mol. The minimum atomic E-state index is 0.607. The lowest BCUT2D eigenvalue weighted by molar-refractivity contribution is 0.0870. The lowest BCUT2D eigenvalue weighted by Crippen LogP contribution is -2.55. The molecular formula is C16H32N2. The molecule has 1 saturated heterocycles. The van der Waals surface area contributed by atoms with Crippen LogP contribution in [0.5, 0.6) is 0 Å². The van der Waals surface area contributed by atoms with Crippen LogP contribution in [0.25, 0.3) is 0 Å². The van der Waals surface area contributed by atoms with Crippen LogP contribution in [0.15, 0.2) is 0 Å². The maximum absolute atomic E-state index is 3.71. The van der Waals surface area contributed by atoms with Gasteiger partial charge in [0.1, 0.15) is 0 Å². The summed E-state index contributed by atoms with van der Waals surface area (Å²) in [6, 6.07) is 0.718. The van der Waals surface area contributed by atoms with Gasteiger partial charge in [-0.15, -0.1) is 0 Å². The van der Waals surface area contributed by atoms with E-state index in [1.807, 2.05) is 0 Å². The van der Waals surface area contributed by atoms with Gasteiger partial charge in [0.05, 0.1) is 0 Å². The second kappa shape index (κ2) is 6.38. The van der Waals surface area contributed by atoms with Crippen molar-refractivity contribution in [3.8, 4) is 0 Å². The average molecular weight is 252 g/mol.